The topological polar surface area (TPSA) is 108 Å². The molecule has 0 aliphatic carbocycles. The van der Waals surface area contributed by atoms with E-state index in [2.05, 4.69) is 4.72 Å². The predicted octanol–water partition coefficient (Wildman–Crippen LogP) is 2.66. The molecule has 0 atom stereocenters. The van der Waals surface area contributed by atoms with Gasteiger partial charge in [0.25, 0.3) is 10.0 Å². The molecule has 0 aliphatic rings. The van der Waals surface area contributed by atoms with Crippen LogP contribution in [0.15, 0.2) is 56.6 Å². The predicted molar refractivity (Wildman–Crippen MR) is 104 cm³/mol. The zero-order chi connectivity index (χ0) is 20.3. The number of nitrogens with zero attached hydrogens (tertiary/aromatic N) is 1. The first-order valence-corrected chi connectivity index (χ1v) is 10.2. The minimum atomic E-state index is -3.87. The number of hydrogen-bond donors (Lipinski definition) is 1. The number of fused-ring (bicyclic) bond motifs is 1. The summed E-state index contributed by atoms with van der Waals surface area (Å²) in [6.07, 6.45) is 0.669. The lowest BCUT2D eigenvalue weighted by molar-refractivity contribution is -0.144. The summed E-state index contributed by atoms with van der Waals surface area (Å²) in [5, 5.41) is 0. The van der Waals surface area contributed by atoms with E-state index in [1.165, 1.54) is 18.2 Å². The van der Waals surface area contributed by atoms with Crippen molar-refractivity contribution in [1.29, 1.82) is 0 Å². The van der Waals surface area contributed by atoms with Gasteiger partial charge in [0.2, 0.25) is 0 Å². The Kier molecular flexibility index (Phi) is 5.55. The number of carbonyl (C=O) groups excluding carboxylic acids is 1. The fraction of sp³-hybridized carbons (Fsp3) is 0.263. The highest BCUT2D eigenvalue weighted by Gasteiger charge is 2.19. The maximum atomic E-state index is 12.6. The molecule has 1 heterocycles. The molecule has 0 saturated carbocycles. The van der Waals surface area contributed by atoms with Crippen LogP contribution in [0.25, 0.3) is 11.1 Å². The molecule has 0 amide bonds. The van der Waals surface area contributed by atoms with Crippen LogP contribution in [-0.2, 0) is 26.1 Å². The van der Waals surface area contributed by atoms with E-state index < -0.39 is 21.7 Å². The molecule has 2 aromatic carbocycles. The van der Waals surface area contributed by atoms with Gasteiger partial charge >= 0.3 is 11.7 Å². The van der Waals surface area contributed by atoms with Gasteiger partial charge in [-0.25, -0.2) is 13.2 Å². The summed E-state index contributed by atoms with van der Waals surface area (Å²) in [6.45, 7) is 3.71. The average molecular weight is 404 g/mol. The third kappa shape index (κ3) is 4.25. The van der Waals surface area contributed by atoms with Gasteiger partial charge in [0.05, 0.1) is 17.0 Å². The first kappa shape index (κ1) is 19.7. The Balaban J connectivity index is 1.89. The molecule has 3 aromatic rings. The van der Waals surface area contributed by atoms with E-state index in [-0.39, 0.29) is 23.6 Å². The first-order chi connectivity index (χ1) is 13.3. The van der Waals surface area contributed by atoms with Gasteiger partial charge in [-0.3, -0.25) is 14.1 Å². The molecule has 0 aliphatic heterocycles. The third-order valence-corrected chi connectivity index (χ3v) is 5.39. The number of carbonyl (C=O) groups is 1. The lowest BCUT2D eigenvalue weighted by Gasteiger charge is -2.08. The summed E-state index contributed by atoms with van der Waals surface area (Å²) < 4.78 is 38.9. The molecule has 0 fully saturated rings. The number of aryl methyl sites for hydroxylation is 1. The number of sulfonamides is 1. The van der Waals surface area contributed by atoms with Crippen LogP contribution in [0.4, 0.5) is 5.69 Å². The lowest BCUT2D eigenvalue weighted by Crippen LogP contribution is -2.21. The van der Waals surface area contributed by atoms with Crippen molar-refractivity contribution in [3.8, 4) is 0 Å². The van der Waals surface area contributed by atoms with E-state index in [1.807, 2.05) is 13.8 Å². The zero-order valence-electron chi connectivity index (χ0n) is 15.5. The second-order valence-corrected chi connectivity index (χ2v) is 7.96. The summed E-state index contributed by atoms with van der Waals surface area (Å²) in [4.78, 5) is 23.8. The van der Waals surface area contributed by atoms with E-state index in [1.54, 1.807) is 24.3 Å². The Morgan fingerprint density at radius 2 is 1.89 bits per heavy atom. The van der Waals surface area contributed by atoms with Gasteiger partial charge in [-0.2, -0.15) is 0 Å². The summed E-state index contributed by atoms with van der Waals surface area (Å²) in [7, 11) is -3.87. The van der Waals surface area contributed by atoms with Crippen molar-refractivity contribution in [3.63, 3.8) is 0 Å². The molecule has 0 unspecified atom stereocenters. The summed E-state index contributed by atoms with van der Waals surface area (Å²) in [6, 6.07) is 10.9. The number of esters is 1. The van der Waals surface area contributed by atoms with Gasteiger partial charge in [0.1, 0.15) is 6.54 Å². The molecule has 0 saturated heterocycles. The van der Waals surface area contributed by atoms with Crippen molar-refractivity contribution < 1.29 is 22.4 Å². The van der Waals surface area contributed by atoms with Crippen LogP contribution >= 0.6 is 0 Å². The monoisotopic (exact) mass is 404 g/mol. The fourth-order valence-electron chi connectivity index (χ4n) is 2.59. The number of anilines is 1. The van der Waals surface area contributed by atoms with Gasteiger partial charge in [-0.15, -0.1) is 0 Å². The SMILES string of the molecule is CCCOC(=O)Cn1c(=O)oc2cc(S(=O)(=O)Nc3ccc(C)cc3)ccc21. The van der Waals surface area contributed by atoms with Crippen molar-refractivity contribution in [1.82, 2.24) is 4.57 Å². The highest BCUT2D eigenvalue weighted by Crippen LogP contribution is 2.21. The molecular formula is C19H20N2O6S. The quantitative estimate of drug-likeness (QED) is 0.607. The van der Waals surface area contributed by atoms with Crippen molar-refractivity contribution >= 4 is 32.8 Å². The standard InChI is InChI=1S/C19H20N2O6S/c1-3-10-26-18(22)12-21-16-9-8-15(11-17(16)27-19(21)23)28(24,25)20-14-6-4-13(2)5-7-14/h4-9,11,20H,3,10,12H2,1-2H3. The average Bonchev–Trinajstić information content (AvgIpc) is 2.96. The molecule has 1 aromatic heterocycles. The number of ether oxygens (including phenoxy) is 1. The Morgan fingerprint density at radius 3 is 2.57 bits per heavy atom. The number of nitrogens with one attached hydrogen (secondary N) is 1. The second-order valence-electron chi connectivity index (χ2n) is 6.28. The highest BCUT2D eigenvalue weighted by atomic mass is 32.2. The van der Waals surface area contributed by atoms with Crippen molar-refractivity contribution in [2.75, 3.05) is 11.3 Å². The number of aromatic nitrogens is 1. The maximum Gasteiger partial charge on any atom is 0.420 e. The van der Waals surface area contributed by atoms with Crippen LogP contribution in [0.2, 0.25) is 0 Å². The van der Waals surface area contributed by atoms with Gasteiger partial charge in [-0.1, -0.05) is 24.6 Å². The number of benzene rings is 2. The van der Waals surface area contributed by atoms with Crippen LogP contribution in [0.3, 0.4) is 0 Å². The molecule has 1 N–H and O–H groups in total. The van der Waals surface area contributed by atoms with E-state index in [4.69, 9.17) is 9.15 Å². The Hall–Kier alpha value is -3.07. The minimum absolute atomic E-state index is 0.0602. The summed E-state index contributed by atoms with van der Waals surface area (Å²) in [5.74, 6) is -1.33. The lowest BCUT2D eigenvalue weighted by atomic mass is 10.2. The summed E-state index contributed by atoms with van der Waals surface area (Å²) >= 11 is 0. The maximum absolute atomic E-state index is 12.6. The van der Waals surface area contributed by atoms with Crippen molar-refractivity contribution in [3.05, 3.63) is 58.6 Å². The molecule has 0 bridgehead atoms. The van der Waals surface area contributed by atoms with Crippen molar-refractivity contribution in [2.24, 2.45) is 0 Å². The van der Waals surface area contributed by atoms with Crippen LogP contribution in [-0.4, -0.2) is 25.6 Å². The molecule has 148 valence electrons. The Morgan fingerprint density at radius 1 is 1.18 bits per heavy atom. The van der Waals surface area contributed by atoms with Crippen LogP contribution in [0, 0.1) is 6.92 Å². The minimum Gasteiger partial charge on any atom is -0.464 e. The fourth-order valence-corrected chi connectivity index (χ4v) is 3.66. The highest BCUT2D eigenvalue weighted by molar-refractivity contribution is 7.92. The van der Waals surface area contributed by atoms with Gasteiger partial charge in [-0.05, 0) is 37.6 Å². The van der Waals surface area contributed by atoms with Gasteiger partial charge < -0.3 is 9.15 Å². The third-order valence-electron chi connectivity index (χ3n) is 4.01. The normalized spacial score (nSPS) is 11.5. The molecule has 8 nitrogen and oxygen atoms in total. The van der Waals surface area contributed by atoms with Gasteiger partial charge in [0, 0.05) is 11.8 Å². The van der Waals surface area contributed by atoms with Crippen LogP contribution in [0.1, 0.15) is 18.9 Å². The summed E-state index contributed by atoms with van der Waals surface area (Å²) in [5.41, 5.74) is 1.81. The second kappa shape index (κ2) is 7.89. The van der Waals surface area contributed by atoms with Crippen molar-refractivity contribution in [2.45, 2.75) is 31.7 Å². The molecular weight excluding hydrogens is 384 g/mol. The molecule has 9 heteroatoms. The molecule has 0 spiro atoms. The van der Waals surface area contributed by atoms with Crippen LogP contribution < -0.4 is 10.5 Å². The van der Waals surface area contributed by atoms with E-state index in [9.17, 15) is 18.0 Å². The number of oxazole rings is 1. The smallest absolute Gasteiger partial charge is 0.420 e. The zero-order valence-corrected chi connectivity index (χ0v) is 16.3. The van der Waals surface area contributed by atoms with Gasteiger partial charge in [0.15, 0.2) is 5.58 Å². The first-order valence-electron chi connectivity index (χ1n) is 8.68. The molecule has 3 rings (SSSR count). The number of rotatable bonds is 7. The molecule has 28 heavy (non-hydrogen) atoms. The Bertz CT molecular complexity index is 1160. The van der Waals surface area contributed by atoms with Crippen LogP contribution in [0.5, 0.6) is 0 Å². The van der Waals surface area contributed by atoms with E-state index in [0.29, 0.717) is 17.6 Å². The number of hydrogen-bond acceptors (Lipinski definition) is 6. The van der Waals surface area contributed by atoms with E-state index in [0.717, 1.165) is 10.1 Å². The largest absolute Gasteiger partial charge is 0.464 e. The Labute approximate surface area is 161 Å². The molecule has 0 radical (unpaired) electrons. The van der Waals surface area contributed by atoms with E-state index >= 15 is 0 Å².